The predicted octanol–water partition coefficient (Wildman–Crippen LogP) is -0.704. The highest BCUT2D eigenvalue weighted by molar-refractivity contribution is 8.00. The number of nitrogen functional groups attached to an aromatic ring is 1. The maximum absolute atomic E-state index is 13.4. The molecule has 0 aliphatic carbocycles. The van der Waals surface area contributed by atoms with Crippen LogP contribution in [0.2, 0.25) is 0 Å². The van der Waals surface area contributed by atoms with E-state index >= 15 is 0 Å². The van der Waals surface area contributed by atoms with Crippen molar-refractivity contribution in [1.29, 1.82) is 0 Å². The molecule has 5 heterocycles. The number of thiazole rings is 1. The zero-order valence-electron chi connectivity index (χ0n) is 23.0. The normalized spacial score (nSPS) is 18.0. The standard InChI is InChI=1S/C28H23N7O8S2/c29-28-30-18(13-45-28)21(32-43-11-17-7-19(36)20(37)10-34(17)42)24(38)31-22-25(39)35-23(27(40)41)16(12-44-26(22)35)9-33-6-5-14-3-1-2-4-15(14)8-33/h1-8,10,13,22,26,42H,9,11-12H2,(H4-,29,30,31,37,38,40,41)/b32-21-/t22-,26-/m1/s1. The largest absolute Gasteiger partial charge is 0.543 e. The lowest BCUT2D eigenvalue weighted by molar-refractivity contribution is -0.687. The summed E-state index contributed by atoms with van der Waals surface area (Å²) in [5.74, 6) is -3.42. The van der Waals surface area contributed by atoms with E-state index in [-0.39, 0.29) is 40.2 Å². The third-order valence-corrected chi connectivity index (χ3v) is 9.10. The number of aliphatic carboxylic acids is 1. The Labute approximate surface area is 261 Å². The number of amides is 2. The van der Waals surface area contributed by atoms with Gasteiger partial charge in [-0.25, -0.2) is 9.55 Å². The number of pyridine rings is 2. The minimum Gasteiger partial charge on any atom is -0.543 e. The number of rotatable bonds is 9. The highest BCUT2D eigenvalue weighted by atomic mass is 32.2. The SMILES string of the molecule is Nc1nc(/C(=N/OCc2cc(=O)c(O)cn2O)C(=O)N[C@@H]2C(=O)N3C(C(=O)[O-])=C(C[n+]4ccc5ccccc5c4)CS[C@H]23)cs1. The molecular formula is C28H23N7O8S2. The molecule has 5 N–H and O–H groups in total. The van der Waals surface area contributed by atoms with Crippen LogP contribution < -0.4 is 26.2 Å². The molecule has 2 atom stereocenters. The number of carboxylic acid groups (broad SMARTS) is 1. The van der Waals surface area contributed by atoms with Gasteiger partial charge in [0.25, 0.3) is 11.8 Å². The maximum atomic E-state index is 13.4. The highest BCUT2D eigenvalue weighted by Crippen LogP contribution is 2.40. The molecular weight excluding hydrogens is 626 g/mol. The molecule has 0 unspecified atom stereocenters. The fraction of sp³-hybridized carbons (Fsp3) is 0.179. The van der Waals surface area contributed by atoms with Crippen molar-refractivity contribution >= 4 is 62.5 Å². The second-order valence-electron chi connectivity index (χ2n) is 9.99. The predicted molar refractivity (Wildman–Crippen MR) is 159 cm³/mol. The summed E-state index contributed by atoms with van der Waals surface area (Å²) in [7, 11) is 0. The highest BCUT2D eigenvalue weighted by Gasteiger charge is 2.53. The number of aromatic nitrogens is 3. The van der Waals surface area contributed by atoms with Crippen LogP contribution in [0.4, 0.5) is 5.13 Å². The molecule has 45 heavy (non-hydrogen) atoms. The second kappa shape index (κ2) is 11.9. The minimum atomic E-state index is -1.50. The van der Waals surface area contributed by atoms with Gasteiger partial charge in [0.05, 0.1) is 17.9 Å². The van der Waals surface area contributed by atoms with Crippen LogP contribution >= 0.6 is 23.1 Å². The fourth-order valence-electron chi connectivity index (χ4n) is 4.93. The molecule has 15 nitrogen and oxygen atoms in total. The molecule has 2 aliphatic heterocycles. The van der Waals surface area contributed by atoms with E-state index in [1.165, 1.54) is 17.1 Å². The first-order valence-corrected chi connectivity index (χ1v) is 15.2. The monoisotopic (exact) mass is 649 g/mol. The van der Waals surface area contributed by atoms with Crippen LogP contribution in [0.25, 0.3) is 10.8 Å². The van der Waals surface area contributed by atoms with Gasteiger partial charge in [-0.15, -0.1) is 23.1 Å². The fourth-order valence-corrected chi connectivity index (χ4v) is 6.81. The number of nitrogens with one attached hydrogen (secondary N) is 1. The molecule has 1 fully saturated rings. The number of oxime groups is 1. The smallest absolute Gasteiger partial charge is 0.276 e. The molecule has 4 aromatic rings. The van der Waals surface area contributed by atoms with Crippen LogP contribution in [0.3, 0.4) is 0 Å². The van der Waals surface area contributed by atoms with Crippen molar-refractivity contribution in [2.45, 2.75) is 24.6 Å². The van der Waals surface area contributed by atoms with Gasteiger partial charge >= 0.3 is 0 Å². The van der Waals surface area contributed by atoms with Crippen LogP contribution in [0.1, 0.15) is 11.4 Å². The zero-order valence-corrected chi connectivity index (χ0v) is 24.7. The number of hydrogen-bond donors (Lipinski definition) is 4. The summed E-state index contributed by atoms with van der Waals surface area (Å²) in [5.41, 5.74) is 4.81. The zero-order chi connectivity index (χ0) is 31.8. The summed E-state index contributed by atoms with van der Waals surface area (Å²) < 4.78 is 2.30. The average molecular weight is 650 g/mol. The lowest BCUT2D eigenvalue weighted by atomic mass is 10.0. The number of aromatic hydroxyl groups is 1. The van der Waals surface area contributed by atoms with Gasteiger partial charge in [0.2, 0.25) is 5.43 Å². The quantitative estimate of drug-likeness (QED) is 0.0584. The molecule has 2 amide bonds. The summed E-state index contributed by atoms with van der Waals surface area (Å²) >= 11 is 2.32. The molecule has 6 rings (SSSR count). The Kier molecular flexibility index (Phi) is 7.86. The van der Waals surface area contributed by atoms with Crippen molar-refractivity contribution in [3.63, 3.8) is 0 Å². The van der Waals surface area contributed by atoms with Gasteiger partial charge < -0.3 is 36.1 Å². The second-order valence-corrected chi connectivity index (χ2v) is 12.0. The average Bonchev–Trinajstić information content (AvgIpc) is 3.45. The number of hydrogen-bond acceptors (Lipinski definition) is 13. The Morgan fingerprint density at radius 2 is 2.02 bits per heavy atom. The van der Waals surface area contributed by atoms with Gasteiger partial charge in [-0.2, -0.15) is 4.73 Å². The molecule has 0 spiro atoms. The van der Waals surface area contributed by atoms with E-state index in [2.05, 4.69) is 15.5 Å². The van der Waals surface area contributed by atoms with Gasteiger partial charge in [-0.3, -0.25) is 19.3 Å². The number of carbonyl (C=O) groups excluding carboxylic acids is 3. The maximum Gasteiger partial charge on any atom is 0.276 e. The number of carboxylic acids is 1. The number of anilines is 1. The molecule has 230 valence electrons. The Bertz CT molecular complexity index is 1990. The lowest BCUT2D eigenvalue weighted by Crippen LogP contribution is -2.71. The third kappa shape index (κ3) is 5.77. The van der Waals surface area contributed by atoms with Crippen LogP contribution in [0.5, 0.6) is 5.75 Å². The Morgan fingerprint density at radius 3 is 2.76 bits per heavy atom. The van der Waals surface area contributed by atoms with Crippen molar-refractivity contribution in [2.75, 3.05) is 11.5 Å². The number of benzene rings is 1. The minimum absolute atomic E-state index is 0.0343. The number of fused-ring (bicyclic) bond motifs is 2. The van der Waals surface area contributed by atoms with Crippen molar-refractivity contribution in [3.05, 3.63) is 93.3 Å². The molecule has 1 saturated heterocycles. The van der Waals surface area contributed by atoms with E-state index in [1.807, 2.05) is 47.3 Å². The summed E-state index contributed by atoms with van der Waals surface area (Å²) in [5, 5.41) is 40.8. The number of β-lactam (4-membered cyclic amide) rings is 1. The van der Waals surface area contributed by atoms with Crippen molar-refractivity contribution in [1.82, 2.24) is 19.9 Å². The molecule has 3 aromatic heterocycles. The van der Waals surface area contributed by atoms with E-state index in [0.29, 0.717) is 10.3 Å². The number of carbonyl (C=O) groups is 3. The Balaban J connectivity index is 1.20. The molecule has 2 aliphatic rings. The molecule has 17 heteroatoms. The molecule has 1 aromatic carbocycles. The molecule has 0 bridgehead atoms. The topological polar surface area (TPSA) is 216 Å². The van der Waals surface area contributed by atoms with Gasteiger partial charge in [0.1, 0.15) is 22.8 Å². The van der Waals surface area contributed by atoms with Crippen molar-refractivity contribution in [3.8, 4) is 5.75 Å². The van der Waals surface area contributed by atoms with E-state index in [1.54, 1.807) is 0 Å². The first-order valence-electron chi connectivity index (χ1n) is 13.2. The van der Waals surface area contributed by atoms with Crippen LogP contribution in [0, 0.1) is 0 Å². The van der Waals surface area contributed by atoms with Gasteiger partial charge in [-0.05, 0) is 11.5 Å². The summed E-state index contributed by atoms with van der Waals surface area (Å²) in [6.45, 7) is -0.258. The van der Waals surface area contributed by atoms with E-state index in [0.717, 1.165) is 39.3 Å². The first kappa shape index (κ1) is 29.6. The lowest BCUT2D eigenvalue weighted by Gasteiger charge is -2.50. The van der Waals surface area contributed by atoms with Crippen LogP contribution in [0.15, 0.2) is 81.6 Å². The van der Waals surface area contributed by atoms with E-state index in [9.17, 15) is 34.6 Å². The summed E-state index contributed by atoms with van der Waals surface area (Å²) in [4.78, 5) is 61.0. The summed E-state index contributed by atoms with van der Waals surface area (Å²) in [6.07, 6.45) is 4.49. The first-order chi connectivity index (χ1) is 21.6. The van der Waals surface area contributed by atoms with Gasteiger partial charge in [-0.1, -0.05) is 23.4 Å². The van der Waals surface area contributed by atoms with E-state index in [4.69, 9.17) is 10.6 Å². The number of nitrogens with zero attached hydrogens (tertiary/aromatic N) is 5. The third-order valence-electron chi connectivity index (χ3n) is 7.08. The van der Waals surface area contributed by atoms with Gasteiger partial charge in [0.15, 0.2) is 42.1 Å². The van der Waals surface area contributed by atoms with Crippen molar-refractivity contribution in [2.24, 2.45) is 5.16 Å². The van der Waals surface area contributed by atoms with Crippen molar-refractivity contribution < 1.29 is 39.2 Å². The summed E-state index contributed by atoms with van der Waals surface area (Å²) in [6, 6.07) is 9.48. The number of nitrogens with two attached hydrogens (primary N) is 1. The van der Waals surface area contributed by atoms with Crippen LogP contribution in [-0.2, 0) is 32.4 Å². The molecule has 0 saturated carbocycles. The van der Waals surface area contributed by atoms with E-state index < -0.39 is 47.0 Å². The molecule has 0 radical (unpaired) electrons. The Hall–Kier alpha value is -5.42. The Morgan fingerprint density at radius 1 is 1.24 bits per heavy atom. The number of thioether (sulfide) groups is 1. The van der Waals surface area contributed by atoms with Crippen LogP contribution in [-0.4, -0.2) is 65.6 Å². The van der Waals surface area contributed by atoms with Gasteiger partial charge in [0, 0.05) is 34.2 Å².